The minimum absolute atomic E-state index is 0.599. The summed E-state index contributed by atoms with van der Waals surface area (Å²) in [5.41, 5.74) is 1.27. The van der Waals surface area contributed by atoms with Gasteiger partial charge in [0.2, 0.25) is 5.52 Å². The molecule has 0 bridgehead atoms. The lowest BCUT2D eigenvalue weighted by Gasteiger charge is -2.18. The van der Waals surface area contributed by atoms with Gasteiger partial charge in [0.25, 0.3) is 5.01 Å². The van der Waals surface area contributed by atoms with Gasteiger partial charge in [-0.25, -0.2) is 0 Å². The molecule has 29 heavy (non-hydrogen) atoms. The van der Waals surface area contributed by atoms with Crippen LogP contribution in [0.1, 0.15) is 18.9 Å². The molecule has 2 nitrogen and oxygen atoms in total. The molecule has 0 fully saturated rings. The van der Waals surface area contributed by atoms with Crippen LogP contribution < -0.4 is 9.47 Å². The number of hydrogen-bond donors (Lipinski definition) is 0. The number of allylic oxidation sites excluding steroid dienone is 2. The van der Waals surface area contributed by atoms with Crippen LogP contribution in [0, 0.1) is 0 Å². The van der Waals surface area contributed by atoms with Crippen molar-refractivity contribution in [1.82, 2.24) is 0 Å². The van der Waals surface area contributed by atoms with Gasteiger partial charge in [0.1, 0.15) is 11.2 Å². The number of anilines is 1. The Morgan fingerprint density at radius 3 is 2.52 bits per heavy atom. The number of para-hydroxylation sites is 2. The zero-order valence-electron chi connectivity index (χ0n) is 16.0. The molecule has 1 aliphatic rings. The number of alkyl halides is 3. The van der Waals surface area contributed by atoms with E-state index in [4.69, 9.17) is 0 Å². The Bertz CT molecular complexity index is 1110. The largest absolute Gasteiger partial charge is 0.416 e. The van der Waals surface area contributed by atoms with Gasteiger partial charge in [0.05, 0.1) is 16.3 Å². The third kappa shape index (κ3) is 3.81. The maximum atomic E-state index is 14.0. The Balaban J connectivity index is 1.82. The molecule has 150 valence electrons. The average Bonchev–Trinajstić information content (AvgIpc) is 3.23. The van der Waals surface area contributed by atoms with Gasteiger partial charge in [0.15, 0.2) is 0 Å². The first-order valence-electron chi connectivity index (χ1n) is 9.38. The lowest BCUT2D eigenvalue weighted by Crippen LogP contribution is -2.33. The topological polar surface area (TPSA) is 7.12 Å². The molecule has 0 saturated carbocycles. The molecule has 7 heteroatoms. The van der Waals surface area contributed by atoms with Gasteiger partial charge >= 0.3 is 6.18 Å². The number of hydrogen-bond acceptors (Lipinski definition) is 3. The van der Waals surface area contributed by atoms with E-state index in [1.165, 1.54) is 35.3 Å². The summed E-state index contributed by atoms with van der Waals surface area (Å²) < 4.78 is 44.8. The molecule has 1 aliphatic heterocycles. The number of benzene rings is 2. The van der Waals surface area contributed by atoms with Crippen LogP contribution in [0.25, 0.3) is 16.3 Å². The second-order valence-corrected chi connectivity index (χ2v) is 8.67. The molecule has 3 aromatic rings. The van der Waals surface area contributed by atoms with E-state index in [0.29, 0.717) is 23.1 Å². The maximum absolute atomic E-state index is 14.0. The Kier molecular flexibility index (Phi) is 5.44. The Morgan fingerprint density at radius 2 is 1.79 bits per heavy atom. The van der Waals surface area contributed by atoms with Gasteiger partial charge in [-0.05, 0) is 38.1 Å². The SMILES string of the molecule is CCN1C(=CC(=Cc2sc3ccccc3[n+]2CC)C(F)(F)F)Sc2ccccc21. The van der Waals surface area contributed by atoms with Gasteiger partial charge in [-0.1, -0.05) is 47.4 Å². The summed E-state index contributed by atoms with van der Waals surface area (Å²) in [4.78, 5) is 2.91. The third-order valence-corrected chi connectivity index (χ3v) is 7.02. The smallest absolute Gasteiger partial charge is 0.335 e. The quantitative estimate of drug-likeness (QED) is 0.427. The number of thioether (sulfide) groups is 1. The van der Waals surface area contributed by atoms with Gasteiger partial charge in [-0.15, -0.1) is 0 Å². The number of nitrogens with zero attached hydrogens (tertiary/aromatic N) is 2. The highest BCUT2D eigenvalue weighted by molar-refractivity contribution is 8.03. The number of aromatic nitrogens is 1. The van der Waals surface area contributed by atoms with E-state index in [1.807, 2.05) is 71.8 Å². The molecule has 0 amide bonds. The zero-order chi connectivity index (χ0) is 20.6. The predicted molar refractivity (Wildman–Crippen MR) is 115 cm³/mol. The fraction of sp³-hybridized carbons (Fsp3) is 0.227. The van der Waals surface area contributed by atoms with Crippen LogP contribution in [-0.4, -0.2) is 12.7 Å². The summed E-state index contributed by atoms with van der Waals surface area (Å²) in [5.74, 6) is 0. The summed E-state index contributed by atoms with van der Waals surface area (Å²) in [6.45, 7) is 5.12. The van der Waals surface area contributed by atoms with Crippen LogP contribution in [0.2, 0.25) is 0 Å². The Labute approximate surface area is 176 Å². The van der Waals surface area contributed by atoms with E-state index in [9.17, 15) is 13.2 Å². The van der Waals surface area contributed by atoms with E-state index in [0.717, 1.165) is 20.8 Å². The van der Waals surface area contributed by atoms with Crippen molar-refractivity contribution in [3.8, 4) is 0 Å². The maximum Gasteiger partial charge on any atom is 0.416 e. The van der Waals surface area contributed by atoms with Crippen LogP contribution in [0.3, 0.4) is 0 Å². The summed E-state index contributed by atoms with van der Waals surface area (Å²) in [5, 5.41) is 1.20. The van der Waals surface area contributed by atoms with Crippen molar-refractivity contribution in [1.29, 1.82) is 0 Å². The second kappa shape index (κ2) is 7.88. The first-order chi connectivity index (χ1) is 13.9. The van der Waals surface area contributed by atoms with Crippen LogP contribution in [0.4, 0.5) is 18.9 Å². The van der Waals surface area contributed by atoms with Crippen molar-refractivity contribution in [2.24, 2.45) is 0 Å². The lowest BCUT2D eigenvalue weighted by atomic mass is 10.2. The average molecular weight is 434 g/mol. The molecule has 0 saturated heterocycles. The first kappa shape index (κ1) is 20.0. The minimum Gasteiger partial charge on any atom is -0.335 e. The molecule has 2 heterocycles. The molecule has 4 rings (SSSR count). The number of thiazole rings is 1. The molecular formula is C22H20F3N2S2+. The summed E-state index contributed by atoms with van der Waals surface area (Å²) in [7, 11) is 0. The van der Waals surface area contributed by atoms with Crippen molar-refractivity contribution in [3.63, 3.8) is 0 Å². The number of aryl methyl sites for hydroxylation is 1. The summed E-state index contributed by atoms with van der Waals surface area (Å²) in [6, 6.07) is 15.4. The predicted octanol–water partition coefficient (Wildman–Crippen LogP) is 6.63. The summed E-state index contributed by atoms with van der Waals surface area (Å²) >= 11 is 2.76. The highest BCUT2D eigenvalue weighted by Gasteiger charge is 2.36. The fourth-order valence-electron chi connectivity index (χ4n) is 3.44. The van der Waals surface area contributed by atoms with E-state index in [1.54, 1.807) is 0 Å². The number of rotatable bonds is 4. The van der Waals surface area contributed by atoms with Crippen molar-refractivity contribution in [2.75, 3.05) is 11.4 Å². The van der Waals surface area contributed by atoms with E-state index < -0.39 is 11.7 Å². The van der Waals surface area contributed by atoms with Crippen LogP contribution in [-0.2, 0) is 6.54 Å². The normalized spacial score (nSPS) is 16.1. The fourth-order valence-corrected chi connectivity index (χ4v) is 5.80. The second-order valence-electron chi connectivity index (χ2n) is 6.55. The number of fused-ring (bicyclic) bond motifs is 2. The van der Waals surface area contributed by atoms with Crippen molar-refractivity contribution in [3.05, 3.63) is 70.2 Å². The molecule has 0 aliphatic carbocycles. The third-order valence-electron chi connectivity index (χ3n) is 4.79. The molecule has 0 unspecified atom stereocenters. The highest BCUT2D eigenvalue weighted by Crippen LogP contribution is 2.47. The Hall–Kier alpha value is -2.25. The summed E-state index contributed by atoms with van der Waals surface area (Å²) in [6.07, 6.45) is -1.89. The lowest BCUT2D eigenvalue weighted by molar-refractivity contribution is -0.665. The Morgan fingerprint density at radius 1 is 1.07 bits per heavy atom. The van der Waals surface area contributed by atoms with Crippen LogP contribution in [0.15, 0.2) is 70.1 Å². The molecule has 2 aromatic carbocycles. The van der Waals surface area contributed by atoms with Gasteiger partial charge in [-0.3, -0.25) is 0 Å². The van der Waals surface area contributed by atoms with Crippen LogP contribution in [0.5, 0.6) is 0 Å². The first-order valence-corrected chi connectivity index (χ1v) is 11.0. The van der Waals surface area contributed by atoms with Crippen molar-refractivity contribution < 1.29 is 17.7 Å². The molecule has 0 spiro atoms. The molecular weight excluding hydrogens is 413 g/mol. The number of halogens is 3. The van der Waals surface area contributed by atoms with Crippen molar-refractivity contribution >= 4 is 45.1 Å². The van der Waals surface area contributed by atoms with Gasteiger partial charge in [0, 0.05) is 23.6 Å². The zero-order valence-corrected chi connectivity index (χ0v) is 17.7. The van der Waals surface area contributed by atoms with E-state index in [-0.39, 0.29) is 0 Å². The monoisotopic (exact) mass is 433 g/mol. The van der Waals surface area contributed by atoms with Crippen LogP contribution >= 0.6 is 23.1 Å². The molecule has 1 aromatic heterocycles. The van der Waals surface area contributed by atoms with Crippen molar-refractivity contribution in [2.45, 2.75) is 31.5 Å². The standard InChI is InChI=1S/C22H20F3N2S2/c1-3-26-16-9-5-7-11-18(16)28-20(26)13-15(22(23,24)25)14-21-27(4-2)17-10-6-8-12-19(17)29-21/h5-14H,3-4H2,1-2H3/q+1. The molecule has 0 atom stereocenters. The van der Waals surface area contributed by atoms with E-state index in [2.05, 4.69) is 0 Å². The molecule has 0 N–H and O–H groups in total. The highest BCUT2D eigenvalue weighted by atomic mass is 32.2. The van der Waals surface area contributed by atoms with E-state index >= 15 is 0 Å². The van der Waals surface area contributed by atoms with Gasteiger partial charge in [-0.2, -0.15) is 17.7 Å². The minimum atomic E-state index is -4.44. The molecule has 0 radical (unpaired) electrons. The van der Waals surface area contributed by atoms with Gasteiger partial charge < -0.3 is 4.90 Å².